The molecule has 0 aliphatic carbocycles. The maximum atomic E-state index is 13.4. The number of amides is 3. The molecule has 3 saturated heterocycles. The van der Waals surface area contributed by atoms with Crippen molar-refractivity contribution in [2.45, 2.75) is 68.6 Å². The average Bonchev–Trinajstić information content (AvgIpc) is 3.73. The number of aryl methyl sites for hydroxylation is 1. The molecule has 3 fully saturated rings. The van der Waals surface area contributed by atoms with Gasteiger partial charge in [0.2, 0.25) is 21.9 Å². The summed E-state index contributed by atoms with van der Waals surface area (Å²) in [5, 5.41) is 15.2. The van der Waals surface area contributed by atoms with Gasteiger partial charge in [0.05, 0.1) is 17.3 Å². The van der Waals surface area contributed by atoms with E-state index in [1.165, 1.54) is 21.0 Å². The van der Waals surface area contributed by atoms with Crippen molar-refractivity contribution in [1.82, 2.24) is 44.1 Å². The number of imide groups is 1. The summed E-state index contributed by atoms with van der Waals surface area (Å²) in [7, 11) is -1.90. The van der Waals surface area contributed by atoms with Crippen molar-refractivity contribution in [3.63, 3.8) is 0 Å². The monoisotopic (exact) mass is 757 g/mol. The van der Waals surface area contributed by atoms with Crippen LogP contribution in [-0.4, -0.2) is 104 Å². The number of nitrogens with one attached hydrogen (secondary N) is 2. The number of rotatable bonds is 10. The number of halogens is 3. The number of hydrogen-bond acceptors (Lipinski definition) is 10. The Kier molecular flexibility index (Phi) is 10.2. The van der Waals surface area contributed by atoms with E-state index >= 15 is 0 Å². The molecule has 0 saturated carbocycles. The number of benzene rings is 1. The molecular formula is C34H42F3N11O4S. The molecule has 2 N–H and O–H groups in total. The summed E-state index contributed by atoms with van der Waals surface area (Å²) in [6.07, 6.45) is 3.03. The Hall–Kier alpha value is -4.62. The number of anilines is 2. The van der Waals surface area contributed by atoms with Crippen molar-refractivity contribution in [3.8, 4) is 0 Å². The first-order chi connectivity index (χ1) is 25.2. The molecule has 7 rings (SSSR count). The predicted molar refractivity (Wildman–Crippen MR) is 188 cm³/mol. The zero-order valence-corrected chi connectivity index (χ0v) is 30.3. The SMILES string of the molecule is CC(CN1CCC(c2ccc3c(N4CCC(=O)NC4=O)nn(C)c3c2)CC1)Cn1cc(S(=O)(=O)N2CCC(Nc3ncc(C(F)(F)F)cn3)CC2)cn1. The van der Waals surface area contributed by atoms with Crippen LogP contribution in [0.5, 0.6) is 0 Å². The molecule has 1 atom stereocenters. The first-order valence-corrected chi connectivity index (χ1v) is 19.2. The van der Waals surface area contributed by atoms with Crippen molar-refractivity contribution in [2.24, 2.45) is 13.0 Å². The fourth-order valence-electron chi connectivity index (χ4n) is 7.44. The number of aromatic nitrogens is 6. The van der Waals surface area contributed by atoms with Crippen LogP contribution in [0.2, 0.25) is 0 Å². The van der Waals surface area contributed by atoms with E-state index < -0.39 is 27.8 Å². The number of fused-ring (bicyclic) bond motifs is 1. The van der Waals surface area contributed by atoms with Gasteiger partial charge in [0.15, 0.2) is 5.82 Å². The highest BCUT2D eigenvalue weighted by Crippen LogP contribution is 2.34. The zero-order valence-electron chi connectivity index (χ0n) is 29.5. The lowest BCUT2D eigenvalue weighted by Gasteiger charge is -2.33. The van der Waals surface area contributed by atoms with Gasteiger partial charge in [-0.15, -0.1) is 0 Å². The molecule has 4 aromatic rings. The van der Waals surface area contributed by atoms with E-state index in [0.29, 0.717) is 37.7 Å². The van der Waals surface area contributed by atoms with Gasteiger partial charge in [-0.25, -0.2) is 23.2 Å². The molecule has 3 aromatic heterocycles. The van der Waals surface area contributed by atoms with Crippen LogP contribution in [0.25, 0.3) is 10.9 Å². The first-order valence-electron chi connectivity index (χ1n) is 17.7. The highest BCUT2D eigenvalue weighted by Gasteiger charge is 2.33. The third-order valence-electron chi connectivity index (χ3n) is 10.3. The van der Waals surface area contributed by atoms with Crippen molar-refractivity contribution < 1.29 is 31.2 Å². The summed E-state index contributed by atoms with van der Waals surface area (Å²) in [5.74, 6) is 0.956. The normalized spacial score (nSPS) is 19.5. The van der Waals surface area contributed by atoms with Crippen LogP contribution in [0.4, 0.5) is 29.7 Å². The minimum atomic E-state index is -4.52. The Morgan fingerprint density at radius 2 is 1.70 bits per heavy atom. The highest BCUT2D eigenvalue weighted by molar-refractivity contribution is 7.89. The molecule has 6 heterocycles. The summed E-state index contributed by atoms with van der Waals surface area (Å²) in [6.45, 7) is 6.20. The maximum absolute atomic E-state index is 13.4. The van der Waals surface area contributed by atoms with Gasteiger partial charge in [-0.2, -0.15) is 27.7 Å². The third-order valence-corrected chi connectivity index (χ3v) is 12.2. The second-order valence-corrected chi connectivity index (χ2v) is 16.1. The smallest absolute Gasteiger partial charge is 0.351 e. The molecule has 19 heteroatoms. The van der Waals surface area contributed by atoms with Gasteiger partial charge in [0, 0.05) is 76.2 Å². The van der Waals surface area contributed by atoms with Crippen LogP contribution in [0.15, 0.2) is 47.9 Å². The van der Waals surface area contributed by atoms with Gasteiger partial charge in [0.1, 0.15) is 4.90 Å². The Bertz CT molecular complexity index is 2070. The second kappa shape index (κ2) is 14.7. The van der Waals surface area contributed by atoms with Gasteiger partial charge in [-0.3, -0.25) is 24.4 Å². The van der Waals surface area contributed by atoms with Crippen molar-refractivity contribution in [2.75, 3.05) is 49.5 Å². The first kappa shape index (κ1) is 36.7. The number of alkyl halides is 3. The van der Waals surface area contributed by atoms with Crippen LogP contribution in [0.1, 0.15) is 56.1 Å². The molecule has 53 heavy (non-hydrogen) atoms. The molecule has 0 bridgehead atoms. The average molecular weight is 758 g/mol. The minimum absolute atomic E-state index is 0.0730. The summed E-state index contributed by atoms with van der Waals surface area (Å²) in [4.78, 5) is 35.7. The van der Waals surface area contributed by atoms with Gasteiger partial charge in [-0.05, 0) is 68.3 Å². The van der Waals surface area contributed by atoms with E-state index in [-0.39, 0.29) is 48.2 Å². The molecule has 3 amide bonds. The van der Waals surface area contributed by atoms with Crippen LogP contribution in [0.3, 0.4) is 0 Å². The number of piperidine rings is 2. The van der Waals surface area contributed by atoms with Gasteiger partial charge in [0.25, 0.3) is 0 Å². The lowest BCUT2D eigenvalue weighted by atomic mass is 9.88. The molecule has 284 valence electrons. The quantitative estimate of drug-likeness (QED) is 0.243. The van der Waals surface area contributed by atoms with Crippen LogP contribution in [-0.2, 0) is 34.6 Å². The standard InChI is InChI=1S/C34H42F3N11O4S/c1-22(19-45-10-5-23(6-11-45)24-3-4-28-29(15-24)44(2)43-31(28)48-14-9-30(49)42-33(48)50)20-46-21-27(18-40-46)53(51,52)47-12-7-26(8-13-47)41-32-38-16-25(17-39-32)34(35,36)37/h3-4,15-18,21-23,26H,5-14,19-20H2,1-2H3,(H,38,39,41)(H,42,49,50). The molecule has 3 aliphatic rings. The Labute approximate surface area is 304 Å². The number of nitrogens with zero attached hydrogens (tertiary/aromatic N) is 9. The maximum Gasteiger partial charge on any atom is 0.419 e. The molecule has 1 unspecified atom stereocenters. The number of hydrogen-bond donors (Lipinski definition) is 2. The van der Waals surface area contributed by atoms with E-state index in [2.05, 4.69) is 54.8 Å². The lowest BCUT2D eigenvalue weighted by Crippen LogP contribution is -2.49. The lowest BCUT2D eigenvalue weighted by molar-refractivity contribution is -0.138. The Balaban J connectivity index is 0.877. The summed E-state index contributed by atoms with van der Waals surface area (Å²) < 4.78 is 70.1. The topological polar surface area (TPSA) is 163 Å². The number of likely N-dealkylation sites (tertiary alicyclic amines) is 1. The van der Waals surface area contributed by atoms with Gasteiger partial charge < -0.3 is 10.2 Å². The summed E-state index contributed by atoms with van der Waals surface area (Å²) in [6, 6.07) is 5.67. The van der Waals surface area contributed by atoms with Crippen LogP contribution < -0.4 is 15.5 Å². The third kappa shape index (κ3) is 8.01. The predicted octanol–water partition coefficient (Wildman–Crippen LogP) is 3.81. The number of carbonyl (C=O) groups is 2. The molecule has 0 spiro atoms. The number of carbonyl (C=O) groups excluding carboxylic acids is 2. The van der Waals surface area contributed by atoms with E-state index in [9.17, 15) is 31.2 Å². The highest BCUT2D eigenvalue weighted by atomic mass is 32.2. The minimum Gasteiger partial charge on any atom is -0.351 e. The van der Waals surface area contributed by atoms with Crippen LogP contribution in [0, 0.1) is 5.92 Å². The van der Waals surface area contributed by atoms with Crippen molar-refractivity contribution in [3.05, 3.63) is 54.1 Å². The van der Waals surface area contributed by atoms with Crippen molar-refractivity contribution >= 4 is 44.6 Å². The molecular weight excluding hydrogens is 716 g/mol. The molecule has 0 radical (unpaired) electrons. The van der Waals surface area contributed by atoms with E-state index in [1.54, 1.807) is 15.6 Å². The second-order valence-electron chi connectivity index (χ2n) is 14.2. The van der Waals surface area contributed by atoms with Crippen LogP contribution >= 0.6 is 0 Å². The largest absolute Gasteiger partial charge is 0.419 e. The number of sulfonamides is 1. The number of urea groups is 1. The van der Waals surface area contributed by atoms with Gasteiger partial charge >= 0.3 is 12.2 Å². The molecule has 1 aromatic carbocycles. The Morgan fingerprint density at radius 3 is 2.38 bits per heavy atom. The van der Waals surface area contributed by atoms with E-state index in [0.717, 1.165) is 55.8 Å². The van der Waals surface area contributed by atoms with Crippen molar-refractivity contribution in [1.29, 1.82) is 0 Å². The summed E-state index contributed by atoms with van der Waals surface area (Å²) in [5.41, 5.74) is 1.24. The zero-order chi connectivity index (χ0) is 37.5. The summed E-state index contributed by atoms with van der Waals surface area (Å²) >= 11 is 0. The van der Waals surface area contributed by atoms with E-state index in [4.69, 9.17) is 0 Å². The molecule has 15 nitrogen and oxygen atoms in total. The fourth-order valence-corrected chi connectivity index (χ4v) is 8.87. The van der Waals surface area contributed by atoms with E-state index in [1.807, 2.05) is 13.1 Å². The molecule has 3 aliphatic heterocycles. The Morgan fingerprint density at radius 1 is 0.981 bits per heavy atom. The van der Waals surface area contributed by atoms with Gasteiger partial charge in [-0.1, -0.05) is 13.0 Å². The fraction of sp³-hybridized carbons (Fsp3) is 0.529.